The van der Waals surface area contributed by atoms with Gasteiger partial charge in [-0.05, 0) is 30.6 Å². The number of rotatable bonds is 2. The minimum absolute atomic E-state index is 0.192. The standard InChI is InChI=1S/C16H28N2O/c1-11(2)15-17-8-9-18(15)13-10-12(16(3,4)5)6-7-14(13)19/h8-9,11-14,19H,6-7,10H2,1-5H3. The first-order valence-electron chi connectivity index (χ1n) is 7.51. The van der Waals surface area contributed by atoms with Crippen LogP contribution in [0.25, 0.3) is 0 Å². The van der Waals surface area contributed by atoms with E-state index in [9.17, 15) is 5.11 Å². The molecule has 0 bridgehead atoms. The van der Waals surface area contributed by atoms with Crippen LogP contribution in [0.1, 0.15) is 71.7 Å². The van der Waals surface area contributed by atoms with Crippen molar-refractivity contribution in [3.63, 3.8) is 0 Å². The van der Waals surface area contributed by atoms with Crippen molar-refractivity contribution in [1.29, 1.82) is 0 Å². The van der Waals surface area contributed by atoms with Crippen LogP contribution in [0.5, 0.6) is 0 Å². The highest BCUT2D eigenvalue weighted by molar-refractivity contribution is 5.03. The molecule has 3 heteroatoms. The molecule has 0 aliphatic heterocycles. The lowest BCUT2D eigenvalue weighted by Crippen LogP contribution is -2.36. The second-order valence-corrected chi connectivity index (χ2v) is 7.36. The van der Waals surface area contributed by atoms with Crippen LogP contribution in [-0.4, -0.2) is 20.8 Å². The molecule has 1 N–H and O–H groups in total. The normalized spacial score (nSPS) is 28.9. The molecule has 0 amide bonds. The number of nitrogens with zero attached hydrogens (tertiary/aromatic N) is 2. The maximum atomic E-state index is 10.4. The molecule has 0 aromatic carbocycles. The fourth-order valence-corrected chi connectivity index (χ4v) is 3.27. The predicted octanol–water partition coefficient (Wildman–Crippen LogP) is 3.75. The summed E-state index contributed by atoms with van der Waals surface area (Å²) in [6, 6.07) is 0.192. The summed E-state index contributed by atoms with van der Waals surface area (Å²) in [5.74, 6) is 2.17. The second kappa shape index (κ2) is 5.28. The zero-order valence-electron chi connectivity index (χ0n) is 12.9. The highest BCUT2D eigenvalue weighted by Gasteiger charge is 2.36. The van der Waals surface area contributed by atoms with Crippen molar-refractivity contribution in [3.05, 3.63) is 18.2 Å². The van der Waals surface area contributed by atoms with Gasteiger partial charge in [-0.3, -0.25) is 0 Å². The number of aromatic nitrogens is 2. The zero-order valence-corrected chi connectivity index (χ0v) is 12.9. The summed E-state index contributed by atoms with van der Waals surface area (Å²) in [4.78, 5) is 4.46. The van der Waals surface area contributed by atoms with E-state index in [-0.39, 0.29) is 12.1 Å². The van der Waals surface area contributed by atoms with E-state index in [2.05, 4.69) is 44.2 Å². The van der Waals surface area contributed by atoms with E-state index >= 15 is 0 Å². The molecule has 3 atom stereocenters. The summed E-state index contributed by atoms with van der Waals surface area (Å²) in [7, 11) is 0. The predicted molar refractivity (Wildman–Crippen MR) is 78.2 cm³/mol. The second-order valence-electron chi connectivity index (χ2n) is 7.36. The minimum atomic E-state index is -0.231. The first-order valence-corrected chi connectivity index (χ1v) is 7.51. The van der Waals surface area contributed by atoms with Crippen LogP contribution in [0, 0.1) is 11.3 Å². The van der Waals surface area contributed by atoms with Crippen molar-refractivity contribution in [2.24, 2.45) is 11.3 Å². The van der Waals surface area contributed by atoms with E-state index in [0.29, 0.717) is 17.3 Å². The fraction of sp³-hybridized carbons (Fsp3) is 0.812. The lowest BCUT2D eigenvalue weighted by atomic mass is 9.70. The Hall–Kier alpha value is -0.830. The summed E-state index contributed by atoms with van der Waals surface area (Å²) >= 11 is 0. The molecule has 0 radical (unpaired) electrons. The maximum absolute atomic E-state index is 10.4. The molecular weight excluding hydrogens is 236 g/mol. The van der Waals surface area contributed by atoms with Crippen LogP contribution in [-0.2, 0) is 0 Å². The summed E-state index contributed by atoms with van der Waals surface area (Å²) in [5, 5.41) is 10.4. The van der Waals surface area contributed by atoms with Crippen LogP contribution in [0.3, 0.4) is 0 Å². The molecule has 1 aromatic rings. The van der Waals surface area contributed by atoms with Gasteiger partial charge in [-0.1, -0.05) is 34.6 Å². The maximum Gasteiger partial charge on any atom is 0.111 e. The Labute approximate surface area is 117 Å². The third-order valence-corrected chi connectivity index (χ3v) is 4.58. The molecule has 1 aromatic heterocycles. The summed E-state index contributed by atoms with van der Waals surface area (Å²) in [6.07, 6.45) is 6.76. The Morgan fingerprint density at radius 2 is 2.00 bits per heavy atom. The van der Waals surface area contributed by atoms with Gasteiger partial charge in [-0.15, -0.1) is 0 Å². The van der Waals surface area contributed by atoms with Gasteiger partial charge < -0.3 is 9.67 Å². The topological polar surface area (TPSA) is 38.0 Å². The summed E-state index contributed by atoms with van der Waals surface area (Å²) < 4.78 is 2.22. The Kier molecular flexibility index (Phi) is 4.05. The fourth-order valence-electron chi connectivity index (χ4n) is 3.27. The van der Waals surface area contributed by atoms with Crippen molar-refractivity contribution >= 4 is 0 Å². The van der Waals surface area contributed by atoms with E-state index in [1.807, 2.05) is 12.4 Å². The van der Waals surface area contributed by atoms with E-state index < -0.39 is 0 Å². The highest BCUT2D eigenvalue weighted by Crippen LogP contribution is 2.42. The van der Waals surface area contributed by atoms with E-state index in [1.54, 1.807) is 0 Å². The Morgan fingerprint density at radius 1 is 1.32 bits per heavy atom. The van der Waals surface area contributed by atoms with Crippen LogP contribution in [0.15, 0.2) is 12.4 Å². The first-order chi connectivity index (χ1) is 8.80. The lowest BCUT2D eigenvalue weighted by molar-refractivity contribution is 0.0240. The summed E-state index contributed by atoms with van der Waals surface area (Å²) in [5.41, 5.74) is 0.316. The Balaban J connectivity index is 2.24. The van der Waals surface area contributed by atoms with Crippen molar-refractivity contribution in [2.75, 3.05) is 0 Å². The molecule has 19 heavy (non-hydrogen) atoms. The molecule has 3 nitrogen and oxygen atoms in total. The highest BCUT2D eigenvalue weighted by atomic mass is 16.3. The summed E-state index contributed by atoms with van der Waals surface area (Å²) in [6.45, 7) is 11.3. The number of hydrogen-bond donors (Lipinski definition) is 1. The monoisotopic (exact) mass is 264 g/mol. The van der Waals surface area contributed by atoms with Gasteiger partial charge in [0.1, 0.15) is 5.82 Å². The molecule has 1 heterocycles. The van der Waals surface area contributed by atoms with Crippen LogP contribution < -0.4 is 0 Å². The SMILES string of the molecule is CC(C)c1nccn1C1CC(C(C)(C)C)CCC1O. The quantitative estimate of drug-likeness (QED) is 0.883. The molecule has 0 saturated heterocycles. The third-order valence-electron chi connectivity index (χ3n) is 4.58. The number of imidazole rings is 1. The molecule has 3 unspecified atom stereocenters. The van der Waals surface area contributed by atoms with Gasteiger partial charge in [-0.2, -0.15) is 0 Å². The molecule has 108 valence electrons. The molecule has 1 aliphatic carbocycles. The van der Waals surface area contributed by atoms with Crippen LogP contribution >= 0.6 is 0 Å². The third kappa shape index (κ3) is 3.02. The average molecular weight is 264 g/mol. The molecule has 0 spiro atoms. The van der Waals surface area contributed by atoms with Crippen molar-refractivity contribution in [2.45, 2.75) is 71.9 Å². The number of aliphatic hydroxyl groups is 1. The van der Waals surface area contributed by atoms with Crippen molar-refractivity contribution in [1.82, 2.24) is 9.55 Å². The minimum Gasteiger partial charge on any atom is -0.391 e. The van der Waals surface area contributed by atoms with Gasteiger partial charge in [0.25, 0.3) is 0 Å². The average Bonchev–Trinajstić information content (AvgIpc) is 2.76. The van der Waals surface area contributed by atoms with Gasteiger partial charge in [0, 0.05) is 18.3 Å². The largest absolute Gasteiger partial charge is 0.391 e. The Morgan fingerprint density at radius 3 is 2.58 bits per heavy atom. The van der Waals surface area contributed by atoms with Crippen molar-refractivity contribution in [3.8, 4) is 0 Å². The molecule has 1 fully saturated rings. The lowest BCUT2D eigenvalue weighted by Gasteiger charge is -2.41. The van der Waals surface area contributed by atoms with Gasteiger partial charge in [0.05, 0.1) is 12.1 Å². The molecule has 1 saturated carbocycles. The zero-order chi connectivity index (χ0) is 14.2. The number of aliphatic hydroxyl groups excluding tert-OH is 1. The van der Waals surface area contributed by atoms with Crippen LogP contribution in [0.2, 0.25) is 0 Å². The van der Waals surface area contributed by atoms with Gasteiger partial charge in [-0.25, -0.2) is 4.98 Å². The van der Waals surface area contributed by atoms with E-state index in [4.69, 9.17) is 0 Å². The molecule has 1 aliphatic rings. The number of hydrogen-bond acceptors (Lipinski definition) is 2. The van der Waals surface area contributed by atoms with E-state index in [0.717, 1.165) is 25.1 Å². The van der Waals surface area contributed by atoms with Crippen molar-refractivity contribution < 1.29 is 5.11 Å². The van der Waals surface area contributed by atoms with Crippen LogP contribution in [0.4, 0.5) is 0 Å². The molecular formula is C16H28N2O. The Bertz CT molecular complexity index is 417. The first kappa shape index (κ1) is 14.6. The van der Waals surface area contributed by atoms with Gasteiger partial charge in [0.15, 0.2) is 0 Å². The molecule has 2 rings (SSSR count). The van der Waals surface area contributed by atoms with E-state index in [1.165, 1.54) is 0 Å². The smallest absolute Gasteiger partial charge is 0.111 e. The van der Waals surface area contributed by atoms with Gasteiger partial charge in [0.2, 0.25) is 0 Å². The van der Waals surface area contributed by atoms with Gasteiger partial charge >= 0.3 is 0 Å².